The van der Waals surface area contributed by atoms with E-state index in [1.54, 1.807) is 12.1 Å². The number of benzene rings is 1. The Bertz CT molecular complexity index is 306. The summed E-state index contributed by atoms with van der Waals surface area (Å²) in [5, 5.41) is 9.36. The number of phenols is 1. The van der Waals surface area contributed by atoms with Gasteiger partial charge < -0.3 is 10.8 Å². The first-order chi connectivity index (χ1) is 6.04. The Labute approximate surface area is 82.5 Å². The summed E-state index contributed by atoms with van der Waals surface area (Å²) in [4.78, 5) is 0. The van der Waals surface area contributed by atoms with Gasteiger partial charge in [0.25, 0.3) is 6.43 Å². The van der Waals surface area contributed by atoms with Crippen LogP contribution in [0.25, 0.3) is 0 Å². The maximum atomic E-state index is 12.2. The topological polar surface area (TPSA) is 46.2 Å². The van der Waals surface area contributed by atoms with Gasteiger partial charge in [0.1, 0.15) is 5.75 Å². The fourth-order valence-corrected chi connectivity index (χ4v) is 1.32. The fourth-order valence-electron chi connectivity index (χ4n) is 0.937. The van der Waals surface area contributed by atoms with E-state index in [0.29, 0.717) is 4.47 Å². The SMILES string of the molecule is NC(c1cccc(Br)c1O)C(F)F. The van der Waals surface area contributed by atoms with E-state index in [1.165, 1.54) is 6.07 Å². The Kier molecular flexibility index (Phi) is 3.22. The molecule has 0 fully saturated rings. The number of rotatable bonds is 2. The van der Waals surface area contributed by atoms with Crippen molar-refractivity contribution in [2.24, 2.45) is 5.73 Å². The summed E-state index contributed by atoms with van der Waals surface area (Å²) in [6.07, 6.45) is -2.68. The summed E-state index contributed by atoms with van der Waals surface area (Å²) < 4.78 is 24.7. The van der Waals surface area contributed by atoms with E-state index in [-0.39, 0.29) is 11.3 Å². The van der Waals surface area contributed by atoms with E-state index in [9.17, 15) is 13.9 Å². The number of phenolic OH excluding ortho intramolecular Hbond substituents is 1. The highest BCUT2D eigenvalue weighted by atomic mass is 79.9. The number of halogens is 3. The molecule has 1 atom stereocenters. The van der Waals surface area contributed by atoms with Gasteiger partial charge in [-0.1, -0.05) is 12.1 Å². The molecule has 3 N–H and O–H groups in total. The van der Waals surface area contributed by atoms with Gasteiger partial charge in [-0.25, -0.2) is 8.78 Å². The predicted molar refractivity (Wildman–Crippen MR) is 48.7 cm³/mol. The number of hydrogen-bond donors (Lipinski definition) is 2. The second kappa shape index (κ2) is 4.02. The third-order valence-corrected chi connectivity index (χ3v) is 2.29. The second-order valence-electron chi connectivity index (χ2n) is 2.54. The highest BCUT2D eigenvalue weighted by Gasteiger charge is 2.21. The minimum atomic E-state index is -2.68. The lowest BCUT2D eigenvalue weighted by molar-refractivity contribution is 0.115. The minimum absolute atomic E-state index is 0.0457. The Morgan fingerprint density at radius 1 is 1.38 bits per heavy atom. The van der Waals surface area contributed by atoms with Gasteiger partial charge in [-0.15, -0.1) is 0 Å². The number of hydrogen-bond acceptors (Lipinski definition) is 2. The first-order valence-electron chi connectivity index (χ1n) is 3.55. The molecule has 0 aromatic heterocycles. The van der Waals surface area contributed by atoms with Gasteiger partial charge >= 0.3 is 0 Å². The number of nitrogens with two attached hydrogens (primary N) is 1. The second-order valence-corrected chi connectivity index (χ2v) is 3.39. The number of aromatic hydroxyl groups is 1. The van der Waals surface area contributed by atoms with E-state index in [4.69, 9.17) is 5.73 Å². The van der Waals surface area contributed by atoms with E-state index in [0.717, 1.165) is 0 Å². The van der Waals surface area contributed by atoms with Crippen LogP contribution in [-0.2, 0) is 0 Å². The first kappa shape index (κ1) is 10.4. The van der Waals surface area contributed by atoms with Crippen molar-refractivity contribution >= 4 is 15.9 Å². The number of alkyl halides is 2. The molecule has 0 spiro atoms. The Morgan fingerprint density at radius 3 is 2.54 bits per heavy atom. The molecule has 0 saturated heterocycles. The smallest absolute Gasteiger partial charge is 0.257 e. The van der Waals surface area contributed by atoms with Gasteiger partial charge in [0.2, 0.25) is 0 Å². The summed E-state index contributed by atoms with van der Waals surface area (Å²) in [6.45, 7) is 0. The van der Waals surface area contributed by atoms with Gasteiger partial charge in [0.15, 0.2) is 0 Å². The molecule has 2 nitrogen and oxygen atoms in total. The quantitative estimate of drug-likeness (QED) is 0.848. The average molecular weight is 252 g/mol. The van der Waals surface area contributed by atoms with Crippen molar-refractivity contribution in [1.29, 1.82) is 0 Å². The molecule has 1 unspecified atom stereocenters. The van der Waals surface area contributed by atoms with Crippen molar-refractivity contribution < 1.29 is 13.9 Å². The van der Waals surface area contributed by atoms with Crippen LogP contribution in [0.3, 0.4) is 0 Å². The lowest BCUT2D eigenvalue weighted by Gasteiger charge is -2.12. The fraction of sp³-hybridized carbons (Fsp3) is 0.250. The predicted octanol–water partition coefficient (Wildman–Crippen LogP) is 2.42. The van der Waals surface area contributed by atoms with Crippen molar-refractivity contribution in [1.82, 2.24) is 0 Å². The molecule has 1 rings (SSSR count). The highest BCUT2D eigenvalue weighted by Crippen LogP contribution is 2.32. The van der Waals surface area contributed by atoms with Crippen LogP contribution in [-0.4, -0.2) is 11.5 Å². The van der Waals surface area contributed by atoms with Crippen molar-refractivity contribution in [3.8, 4) is 5.75 Å². The molecule has 0 bridgehead atoms. The Balaban J connectivity index is 3.07. The van der Waals surface area contributed by atoms with Crippen molar-refractivity contribution in [3.05, 3.63) is 28.2 Å². The molecule has 0 aliphatic rings. The van der Waals surface area contributed by atoms with Gasteiger partial charge in [-0.3, -0.25) is 0 Å². The lowest BCUT2D eigenvalue weighted by Crippen LogP contribution is -2.18. The molecule has 0 amide bonds. The van der Waals surface area contributed by atoms with E-state index >= 15 is 0 Å². The van der Waals surface area contributed by atoms with Crippen LogP contribution < -0.4 is 5.73 Å². The Hall–Kier alpha value is -0.680. The summed E-state index contributed by atoms with van der Waals surface area (Å²) in [5.41, 5.74) is 5.22. The summed E-state index contributed by atoms with van der Waals surface area (Å²) in [6, 6.07) is 3.02. The van der Waals surface area contributed by atoms with E-state index < -0.39 is 12.5 Å². The zero-order chi connectivity index (χ0) is 10.0. The van der Waals surface area contributed by atoms with Crippen LogP contribution in [0.5, 0.6) is 5.75 Å². The molecule has 0 aliphatic heterocycles. The molecule has 0 heterocycles. The minimum Gasteiger partial charge on any atom is -0.506 e. The van der Waals surface area contributed by atoms with Gasteiger partial charge in [0.05, 0.1) is 10.5 Å². The van der Waals surface area contributed by atoms with Gasteiger partial charge in [0, 0.05) is 5.56 Å². The first-order valence-corrected chi connectivity index (χ1v) is 4.34. The van der Waals surface area contributed by atoms with Crippen LogP contribution in [0.1, 0.15) is 11.6 Å². The summed E-state index contributed by atoms with van der Waals surface area (Å²) in [7, 11) is 0. The average Bonchev–Trinajstić information content (AvgIpc) is 2.08. The summed E-state index contributed by atoms with van der Waals surface area (Å²) in [5.74, 6) is -0.227. The normalized spacial score (nSPS) is 13.3. The van der Waals surface area contributed by atoms with Crippen LogP contribution >= 0.6 is 15.9 Å². The molecule has 5 heteroatoms. The molecule has 13 heavy (non-hydrogen) atoms. The molecule has 72 valence electrons. The van der Waals surface area contributed by atoms with Crippen molar-refractivity contribution in [3.63, 3.8) is 0 Å². The molecule has 0 aliphatic carbocycles. The monoisotopic (exact) mass is 251 g/mol. The van der Waals surface area contributed by atoms with Crippen LogP contribution in [0.4, 0.5) is 8.78 Å². The zero-order valence-electron chi connectivity index (χ0n) is 6.55. The van der Waals surface area contributed by atoms with Crippen molar-refractivity contribution in [2.75, 3.05) is 0 Å². The van der Waals surface area contributed by atoms with Crippen LogP contribution in [0, 0.1) is 0 Å². The van der Waals surface area contributed by atoms with E-state index in [2.05, 4.69) is 15.9 Å². The largest absolute Gasteiger partial charge is 0.506 e. The van der Waals surface area contributed by atoms with Gasteiger partial charge in [-0.2, -0.15) is 0 Å². The standard InChI is InChI=1S/C8H8BrF2NO/c9-5-3-1-2-4(7(5)13)6(12)8(10)11/h1-3,6,8,13H,12H2. The molecular weight excluding hydrogens is 244 g/mol. The summed E-state index contributed by atoms with van der Waals surface area (Å²) >= 11 is 3.01. The molecule has 1 aromatic carbocycles. The van der Waals surface area contributed by atoms with E-state index in [1.807, 2.05) is 0 Å². The zero-order valence-corrected chi connectivity index (χ0v) is 8.13. The van der Waals surface area contributed by atoms with Crippen LogP contribution in [0.15, 0.2) is 22.7 Å². The molecular formula is C8H8BrF2NO. The third-order valence-electron chi connectivity index (χ3n) is 1.65. The van der Waals surface area contributed by atoms with Crippen LogP contribution in [0.2, 0.25) is 0 Å². The molecule has 0 saturated carbocycles. The molecule has 1 aromatic rings. The van der Waals surface area contributed by atoms with Gasteiger partial charge in [-0.05, 0) is 22.0 Å². The highest BCUT2D eigenvalue weighted by molar-refractivity contribution is 9.10. The Morgan fingerprint density at radius 2 is 2.00 bits per heavy atom. The molecule has 0 radical (unpaired) electrons. The maximum Gasteiger partial charge on any atom is 0.257 e. The third kappa shape index (κ3) is 2.16. The maximum absolute atomic E-state index is 12.2. The number of para-hydroxylation sites is 1. The lowest BCUT2D eigenvalue weighted by atomic mass is 10.1. The van der Waals surface area contributed by atoms with Crippen molar-refractivity contribution in [2.45, 2.75) is 12.5 Å².